The molecule has 0 bridgehead atoms. The Morgan fingerprint density at radius 3 is 2.62 bits per heavy atom. The Kier molecular flexibility index (Phi) is 6.16. The predicted molar refractivity (Wildman–Crippen MR) is 67.9 cm³/mol. The van der Waals surface area contributed by atoms with E-state index in [2.05, 4.69) is 4.90 Å². The van der Waals surface area contributed by atoms with Crippen LogP contribution in [0.15, 0.2) is 0 Å². The smallest absolute Gasteiger partial charge is 0.234 e. The minimum absolute atomic E-state index is 0.0658. The van der Waals surface area contributed by atoms with E-state index in [9.17, 15) is 4.79 Å². The fraction of sp³-hybridized carbons (Fsp3) is 0.909. The molecule has 1 aliphatic rings. The highest BCUT2D eigenvalue weighted by Gasteiger charge is 2.16. The lowest BCUT2D eigenvalue weighted by molar-refractivity contribution is -0.127. The number of ether oxygens (including phenoxy) is 1. The molecule has 1 aliphatic heterocycles. The van der Waals surface area contributed by atoms with Crippen LogP contribution >= 0.6 is 11.8 Å². The van der Waals surface area contributed by atoms with Crippen LogP contribution in [0.4, 0.5) is 0 Å². The fourth-order valence-electron chi connectivity index (χ4n) is 1.62. The summed E-state index contributed by atoms with van der Waals surface area (Å²) in [6, 6.07) is 0. The van der Waals surface area contributed by atoms with Gasteiger partial charge in [-0.3, -0.25) is 9.69 Å². The fourth-order valence-corrected chi connectivity index (χ4v) is 2.69. The third-order valence-electron chi connectivity index (χ3n) is 2.67. The molecule has 0 aromatic rings. The van der Waals surface area contributed by atoms with Gasteiger partial charge in [0, 0.05) is 39.5 Å². The Morgan fingerprint density at radius 1 is 1.44 bits per heavy atom. The average Bonchev–Trinajstić information content (AvgIpc) is 2.29. The summed E-state index contributed by atoms with van der Waals surface area (Å²) >= 11 is 1.73. The normalized spacial score (nSPS) is 19.4. The first kappa shape index (κ1) is 13.8. The van der Waals surface area contributed by atoms with E-state index >= 15 is 0 Å². The highest BCUT2D eigenvalue weighted by atomic mass is 32.2. The maximum atomic E-state index is 11.6. The van der Waals surface area contributed by atoms with Crippen molar-refractivity contribution in [3.8, 4) is 0 Å². The molecule has 0 saturated carbocycles. The van der Waals surface area contributed by atoms with Crippen molar-refractivity contribution in [1.29, 1.82) is 0 Å². The van der Waals surface area contributed by atoms with Gasteiger partial charge in [-0.2, -0.15) is 0 Å². The standard InChI is InChI=1S/C11H22N2O2S/c1-10(11(14)12(2)3)16-9-6-13-4-7-15-8-5-13/h10H,4-9H2,1-3H3/t10-/m1/s1. The van der Waals surface area contributed by atoms with E-state index in [0.29, 0.717) is 0 Å². The zero-order valence-electron chi connectivity index (χ0n) is 10.4. The molecule has 0 unspecified atom stereocenters. The topological polar surface area (TPSA) is 32.8 Å². The van der Waals surface area contributed by atoms with Crippen LogP contribution in [-0.4, -0.2) is 73.7 Å². The molecule has 5 heteroatoms. The molecule has 1 rings (SSSR count). The molecular weight excluding hydrogens is 224 g/mol. The number of morpholine rings is 1. The highest BCUT2D eigenvalue weighted by molar-refractivity contribution is 8.00. The first-order chi connectivity index (χ1) is 7.61. The van der Waals surface area contributed by atoms with Crippen LogP contribution in [0.1, 0.15) is 6.92 Å². The summed E-state index contributed by atoms with van der Waals surface area (Å²) in [5, 5.41) is 0.0658. The molecule has 1 heterocycles. The second-order valence-corrected chi connectivity index (χ2v) is 5.65. The number of hydrogen-bond donors (Lipinski definition) is 0. The van der Waals surface area contributed by atoms with E-state index in [1.807, 2.05) is 6.92 Å². The molecule has 0 aromatic carbocycles. The lowest BCUT2D eigenvalue weighted by atomic mass is 10.4. The number of carbonyl (C=O) groups is 1. The van der Waals surface area contributed by atoms with E-state index in [0.717, 1.165) is 38.6 Å². The molecule has 4 nitrogen and oxygen atoms in total. The van der Waals surface area contributed by atoms with Gasteiger partial charge in [0.05, 0.1) is 18.5 Å². The molecule has 0 aromatic heterocycles. The molecule has 1 amide bonds. The monoisotopic (exact) mass is 246 g/mol. The summed E-state index contributed by atoms with van der Waals surface area (Å²) in [5.41, 5.74) is 0. The van der Waals surface area contributed by atoms with Crippen molar-refractivity contribution in [2.45, 2.75) is 12.2 Å². The molecule has 1 saturated heterocycles. The molecule has 0 N–H and O–H groups in total. The number of rotatable bonds is 5. The van der Waals surface area contributed by atoms with Crippen LogP contribution in [0.3, 0.4) is 0 Å². The first-order valence-electron chi connectivity index (χ1n) is 5.74. The van der Waals surface area contributed by atoms with Crippen LogP contribution in [0.2, 0.25) is 0 Å². The molecule has 0 aliphatic carbocycles. The molecule has 94 valence electrons. The van der Waals surface area contributed by atoms with Crippen molar-refractivity contribution in [3.63, 3.8) is 0 Å². The van der Waals surface area contributed by atoms with Crippen LogP contribution in [0.5, 0.6) is 0 Å². The Labute approximate surface area is 102 Å². The van der Waals surface area contributed by atoms with Crippen molar-refractivity contribution < 1.29 is 9.53 Å². The van der Waals surface area contributed by atoms with Gasteiger partial charge in [-0.1, -0.05) is 0 Å². The van der Waals surface area contributed by atoms with Crippen LogP contribution < -0.4 is 0 Å². The zero-order chi connectivity index (χ0) is 12.0. The average molecular weight is 246 g/mol. The van der Waals surface area contributed by atoms with Crippen LogP contribution in [0, 0.1) is 0 Å². The molecule has 1 atom stereocenters. The summed E-state index contributed by atoms with van der Waals surface area (Å²) in [6.07, 6.45) is 0. The third kappa shape index (κ3) is 4.72. The Morgan fingerprint density at radius 2 is 2.06 bits per heavy atom. The summed E-state index contributed by atoms with van der Waals surface area (Å²) in [4.78, 5) is 15.6. The summed E-state index contributed by atoms with van der Waals surface area (Å²) < 4.78 is 5.29. The SMILES string of the molecule is C[C@@H](SCCN1CCOCC1)C(=O)N(C)C. The lowest BCUT2D eigenvalue weighted by Gasteiger charge is -2.26. The van der Waals surface area contributed by atoms with Crippen molar-refractivity contribution in [2.24, 2.45) is 0 Å². The molecule has 0 spiro atoms. The van der Waals surface area contributed by atoms with Crippen molar-refractivity contribution in [1.82, 2.24) is 9.80 Å². The van der Waals surface area contributed by atoms with Gasteiger partial charge in [0.1, 0.15) is 0 Å². The van der Waals surface area contributed by atoms with Gasteiger partial charge in [0.15, 0.2) is 0 Å². The van der Waals surface area contributed by atoms with E-state index in [-0.39, 0.29) is 11.2 Å². The van der Waals surface area contributed by atoms with Crippen molar-refractivity contribution in [3.05, 3.63) is 0 Å². The first-order valence-corrected chi connectivity index (χ1v) is 6.79. The third-order valence-corrected chi connectivity index (χ3v) is 3.79. The Hall–Kier alpha value is -0.260. The van der Waals surface area contributed by atoms with Crippen molar-refractivity contribution in [2.75, 3.05) is 52.7 Å². The summed E-state index contributed by atoms with van der Waals surface area (Å²) in [7, 11) is 3.61. The van der Waals surface area contributed by atoms with Gasteiger partial charge in [-0.15, -0.1) is 11.8 Å². The van der Waals surface area contributed by atoms with Gasteiger partial charge >= 0.3 is 0 Å². The van der Waals surface area contributed by atoms with Crippen LogP contribution in [0.25, 0.3) is 0 Å². The second-order valence-electron chi connectivity index (χ2n) is 4.20. The highest BCUT2D eigenvalue weighted by Crippen LogP contribution is 2.12. The predicted octanol–water partition coefficient (Wildman–Crippen LogP) is 0.528. The maximum Gasteiger partial charge on any atom is 0.234 e. The Balaban J connectivity index is 2.12. The maximum absolute atomic E-state index is 11.6. The van der Waals surface area contributed by atoms with Gasteiger partial charge in [-0.05, 0) is 6.92 Å². The number of nitrogens with zero attached hydrogens (tertiary/aromatic N) is 2. The minimum atomic E-state index is 0.0658. The van der Waals surface area contributed by atoms with E-state index in [1.54, 1.807) is 30.8 Å². The molecule has 16 heavy (non-hydrogen) atoms. The largest absolute Gasteiger partial charge is 0.379 e. The molecule has 0 radical (unpaired) electrons. The van der Waals surface area contributed by atoms with Gasteiger partial charge in [0.25, 0.3) is 0 Å². The van der Waals surface area contributed by atoms with E-state index < -0.39 is 0 Å². The van der Waals surface area contributed by atoms with Gasteiger partial charge in [0.2, 0.25) is 5.91 Å². The zero-order valence-corrected chi connectivity index (χ0v) is 11.3. The second kappa shape index (κ2) is 7.14. The van der Waals surface area contributed by atoms with Gasteiger partial charge < -0.3 is 9.64 Å². The van der Waals surface area contributed by atoms with Crippen molar-refractivity contribution >= 4 is 17.7 Å². The lowest BCUT2D eigenvalue weighted by Crippen LogP contribution is -2.38. The Bertz CT molecular complexity index is 218. The summed E-state index contributed by atoms with van der Waals surface area (Å²) in [5.74, 6) is 1.22. The molecule has 1 fully saturated rings. The summed E-state index contributed by atoms with van der Waals surface area (Å²) in [6.45, 7) is 6.77. The number of carbonyl (C=O) groups excluding carboxylic acids is 1. The van der Waals surface area contributed by atoms with Gasteiger partial charge in [-0.25, -0.2) is 0 Å². The van der Waals surface area contributed by atoms with E-state index in [1.165, 1.54) is 0 Å². The molecular formula is C11H22N2O2S. The number of thioether (sulfide) groups is 1. The van der Waals surface area contributed by atoms with Crippen LogP contribution in [-0.2, 0) is 9.53 Å². The number of hydrogen-bond acceptors (Lipinski definition) is 4. The quantitative estimate of drug-likeness (QED) is 0.708. The number of amides is 1. The minimum Gasteiger partial charge on any atom is -0.379 e. The van der Waals surface area contributed by atoms with E-state index in [4.69, 9.17) is 4.74 Å².